The van der Waals surface area contributed by atoms with E-state index >= 15 is 0 Å². The monoisotopic (exact) mass is 309 g/mol. The van der Waals surface area contributed by atoms with E-state index in [0.717, 1.165) is 45.0 Å². The Morgan fingerprint density at radius 2 is 1.41 bits per heavy atom. The molecule has 2 aliphatic carbocycles. The second kappa shape index (κ2) is 11.8. The summed E-state index contributed by atoms with van der Waals surface area (Å²) in [6, 6.07) is 0. The first-order valence-electron chi connectivity index (χ1n) is 9.79. The van der Waals surface area contributed by atoms with Crippen LogP contribution in [0.25, 0.3) is 0 Å². The number of rotatable bonds is 8. The van der Waals surface area contributed by atoms with E-state index in [0.29, 0.717) is 0 Å². The third kappa shape index (κ3) is 6.58. The normalized spacial score (nSPS) is 22.6. The Morgan fingerprint density at radius 3 is 1.73 bits per heavy atom. The highest BCUT2D eigenvalue weighted by atomic mass is 15.3. The van der Waals surface area contributed by atoms with E-state index in [1.807, 2.05) is 0 Å². The van der Waals surface area contributed by atoms with Crippen LogP contribution in [0, 0.1) is 11.8 Å². The highest BCUT2D eigenvalue weighted by Crippen LogP contribution is 2.49. The number of aliphatic imine (C=N–C) groups is 1. The molecule has 0 heterocycles. The minimum Gasteiger partial charge on any atom is -0.356 e. The van der Waals surface area contributed by atoms with Gasteiger partial charge in [0.1, 0.15) is 0 Å². The van der Waals surface area contributed by atoms with Crippen LogP contribution in [-0.2, 0) is 0 Å². The van der Waals surface area contributed by atoms with Crippen LogP contribution in [0.4, 0.5) is 0 Å². The van der Waals surface area contributed by atoms with E-state index in [-0.39, 0.29) is 0 Å². The van der Waals surface area contributed by atoms with Crippen LogP contribution in [0.15, 0.2) is 4.99 Å². The van der Waals surface area contributed by atoms with Gasteiger partial charge in [-0.2, -0.15) is 0 Å². The van der Waals surface area contributed by atoms with Crippen molar-refractivity contribution in [1.29, 1.82) is 0 Å². The van der Waals surface area contributed by atoms with Gasteiger partial charge < -0.3 is 10.2 Å². The van der Waals surface area contributed by atoms with Crippen molar-refractivity contribution in [3.63, 3.8) is 0 Å². The molecule has 0 radical (unpaired) electrons. The number of guanidine groups is 1. The lowest BCUT2D eigenvalue weighted by Gasteiger charge is -2.46. The molecule has 0 aromatic heterocycles. The predicted molar refractivity (Wildman–Crippen MR) is 98.5 cm³/mol. The Hall–Kier alpha value is -0.730. The van der Waals surface area contributed by atoms with Crippen LogP contribution >= 0.6 is 0 Å². The molecule has 0 saturated heterocycles. The van der Waals surface area contributed by atoms with Gasteiger partial charge in [0, 0.05) is 26.2 Å². The van der Waals surface area contributed by atoms with Gasteiger partial charge in [-0.1, -0.05) is 27.7 Å². The molecule has 0 aliphatic heterocycles. The number of nitrogens with zero attached hydrogens (tertiary/aromatic N) is 2. The number of hydrogen-bond donors (Lipinski definition) is 1. The fraction of sp³-hybridized carbons (Fsp3) is 0.947. The summed E-state index contributed by atoms with van der Waals surface area (Å²) in [5, 5.41) is 3.45. The van der Waals surface area contributed by atoms with E-state index < -0.39 is 0 Å². The number of nitrogens with one attached hydrogen (secondary N) is 1. The molecule has 130 valence electrons. The van der Waals surface area contributed by atoms with Gasteiger partial charge in [-0.05, 0) is 63.2 Å². The maximum Gasteiger partial charge on any atom is 0.193 e. The van der Waals surface area contributed by atoms with Crippen LogP contribution in [0.1, 0.15) is 79.1 Å². The second-order valence-corrected chi connectivity index (χ2v) is 6.79. The molecule has 1 N–H and O–H groups in total. The lowest BCUT2D eigenvalue weighted by atomic mass is 9.60. The number of fused-ring (bicyclic) bond motifs is 1. The van der Waals surface area contributed by atoms with Gasteiger partial charge in [0.15, 0.2) is 5.96 Å². The van der Waals surface area contributed by atoms with Gasteiger partial charge in [-0.25, -0.2) is 0 Å². The summed E-state index contributed by atoms with van der Waals surface area (Å²) in [6.07, 6.45) is 10.9. The molecule has 2 aliphatic rings. The summed E-state index contributed by atoms with van der Waals surface area (Å²) in [5.74, 6) is 3.53. The lowest BCUT2D eigenvalue weighted by molar-refractivity contribution is 0.0548. The lowest BCUT2D eigenvalue weighted by Crippen LogP contribution is -2.42. The number of hydrogen-bond acceptors (Lipinski definition) is 1. The molecular formula is C19H39N3. The molecule has 22 heavy (non-hydrogen) atoms. The average molecular weight is 310 g/mol. The average Bonchev–Trinajstić information content (AvgIpc) is 2.51. The van der Waals surface area contributed by atoms with Crippen molar-refractivity contribution in [2.75, 3.05) is 26.2 Å². The second-order valence-electron chi connectivity index (χ2n) is 6.79. The third-order valence-electron chi connectivity index (χ3n) is 4.79. The maximum atomic E-state index is 4.65. The summed E-state index contributed by atoms with van der Waals surface area (Å²) < 4.78 is 0. The fourth-order valence-corrected chi connectivity index (χ4v) is 3.15. The smallest absolute Gasteiger partial charge is 0.193 e. The molecule has 2 fully saturated rings. The molecule has 3 nitrogen and oxygen atoms in total. The van der Waals surface area contributed by atoms with Crippen molar-refractivity contribution in [2.24, 2.45) is 16.8 Å². The van der Waals surface area contributed by atoms with Gasteiger partial charge in [0.05, 0.1) is 0 Å². The molecule has 0 amide bonds. The van der Waals surface area contributed by atoms with Crippen molar-refractivity contribution in [1.82, 2.24) is 10.2 Å². The predicted octanol–water partition coefficient (Wildman–Crippen LogP) is 4.68. The van der Waals surface area contributed by atoms with E-state index in [1.54, 1.807) is 25.7 Å². The van der Waals surface area contributed by atoms with Gasteiger partial charge in [-0.3, -0.25) is 4.99 Å². The van der Waals surface area contributed by atoms with E-state index in [9.17, 15) is 0 Å². The first-order valence-corrected chi connectivity index (χ1v) is 9.79. The van der Waals surface area contributed by atoms with Crippen LogP contribution in [0.3, 0.4) is 0 Å². The van der Waals surface area contributed by atoms with Crippen molar-refractivity contribution >= 4 is 5.96 Å². The Balaban J connectivity index is 0.000000323. The Kier molecular flexibility index (Phi) is 10.3. The molecule has 0 aromatic rings. The minimum absolute atomic E-state index is 0.927. The molecular weight excluding hydrogens is 270 g/mol. The van der Waals surface area contributed by atoms with Gasteiger partial charge >= 0.3 is 0 Å². The highest BCUT2D eigenvalue weighted by Gasteiger charge is 2.37. The standard InChI is InChI=1S/C13H29N3.C6H10/c1-5-9-14-13(15-10-6-2)16(11-7-3)12-8-4;1-2-6-4-3-5(1)6/h5-12H2,1-4H3,(H,14,15);5-6H,1-4H2. The summed E-state index contributed by atoms with van der Waals surface area (Å²) in [4.78, 5) is 7.03. The molecule has 0 unspecified atom stereocenters. The SMILES string of the molecule is C1CC2CCC12.CCCN=C(NCCC)N(CCC)CCC. The summed E-state index contributed by atoms with van der Waals surface area (Å²) >= 11 is 0. The van der Waals surface area contributed by atoms with E-state index in [2.05, 4.69) is 42.9 Å². The molecule has 2 saturated carbocycles. The summed E-state index contributed by atoms with van der Waals surface area (Å²) in [5.41, 5.74) is 0. The molecule has 0 spiro atoms. The van der Waals surface area contributed by atoms with Gasteiger partial charge in [0.25, 0.3) is 0 Å². The maximum absolute atomic E-state index is 4.65. The summed E-state index contributed by atoms with van der Waals surface area (Å²) in [7, 11) is 0. The topological polar surface area (TPSA) is 27.6 Å². The van der Waals surface area contributed by atoms with E-state index in [4.69, 9.17) is 0 Å². The molecule has 0 bridgehead atoms. The van der Waals surface area contributed by atoms with Crippen LogP contribution in [-0.4, -0.2) is 37.0 Å². The van der Waals surface area contributed by atoms with Crippen LogP contribution in [0.5, 0.6) is 0 Å². The van der Waals surface area contributed by atoms with Crippen molar-refractivity contribution in [2.45, 2.75) is 79.1 Å². The zero-order valence-electron chi connectivity index (χ0n) is 15.5. The van der Waals surface area contributed by atoms with Crippen molar-refractivity contribution < 1.29 is 0 Å². The summed E-state index contributed by atoms with van der Waals surface area (Å²) in [6.45, 7) is 13.0. The minimum atomic E-state index is 0.927. The first kappa shape index (κ1) is 19.3. The molecule has 0 aromatic carbocycles. The Labute approximate surface area is 139 Å². The fourth-order valence-electron chi connectivity index (χ4n) is 3.15. The largest absolute Gasteiger partial charge is 0.356 e. The van der Waals surface area contributed by atoms with Crippen molar-refractivity contribution in [3.8, 4) is 0 Å². The Morgan fingerprint density at radius 1 is 0.864 bits per heavy atom. The van der Waals surface area contributed by atoms with E-state index in [1.165, 1.54) is 24.7 Å². The van der Waals surface area contributed by atoms with Gasteiger partial charge in [-0.15, -0.1) is 0 Å². The van der Waals surface area contributed by atoms with Crippen molar-refractivity contribution in [3.05, 3.63) is 0 Å². The van der Waals surface area contributed by atoms with Crippen LogP contribution in [0.2, 0.25) is 0 Å². The molecule has 0 atom stereocenters. The van der Waals surface area contributed by atoms with Crippen LogP contribution < -0.4 is 5.32 Å². The zero-order chi connectivity index (χ0) is 16.2. The van der Waals surface area contributed by atoms with Gasteiger partial charge in [0.2, 0.25) is 0 Å². The quantitative estimate of drug-likeness (QED) is 0.521. The first-order chi connectivity index (χ1) is 10.8. The third-order valence-corrected chi connectivity index (χ3v) is 4.79. The molecule has 3 heteroatoms. The highest BCUT2D eigenvalue weighted by molar-refractivity contribution is 5.79. The Bertz CT molecular complexity index is 277. The molecule has 2 rings (SSSR count). The zero-order valence-corrected chi connectivity index (χ0v) is 15.5.